The molecule has 0 aliphatic heterocycles. The largest absolute Gasteiger partial charge is 0.484 e. The number of carbonyl (C=O) groups is 2. The summed E-state index contributed by atoms with van der Waals surface area (Å²) in [6.07, 6.45) is 0. The summed E-state index contributed by atoms with van der Waals surface area (Å²) >= 11 is 0. The molecule has 7 nitrogen and oxygen atoms in total. The number of rotatable bonds is 8. The van der Waals surface area contributed by atoms with Gasteiger partial charge in [-0.3, -0.25) is 9.59 Å². The molecule has 0 aliphatic carbocycles. The fourth-order valence-corrected chi connectivity index (χ4v) is 2.05. The normalized spacial score (nSPS) is 10.9. The summed E-state index contributed by atoms with van der Waals surface area (Å²) < 4.78 is 5.19. The van der Waals surface area contributed by atoms with Gasteiger partial charge in [-0.05, 0) is 55.8 Å². The number of primary amides is 1. The third-order valence-electron chi connectivity index (χ3n) is 3.51. The summed E-state index contributed by atoms with van der Waals surface area (Å²) in [7, 11) is 0. The van der Waals surface area contributed by atoms with E-state index in [1.54, 1.807) is 31.2 Å². The lowest BCUT2D eigenvalue weighted by molar-refractivity contribution is -0.120. The molecule has 0 radical (unpaired) electrons. The third kappa shape index (κ3) is 6.27. The first kappa shape index (κ1) is 19.0. The smallest absolute Gasteiger partial charge is 0.259 e. The number of amides is 2. The Bertz CT molecular complexity index is 783. The number of nitrogens with two attached hydrogens (primary N) is 1. The number of carbonyl (C=O) groups excluding carboxylic acids is 2. The van der Waals surface area contributed by atoms with Crippen LogP contribution >= 0.6 is 0 Å². The number of hydrogen-bond donors (Lipinski definition) is 3. The lowest BCUT2D eigenvalue weighted by Gasteiger charge is -2.07. The Balaban J connectivity index is 1.83. The van der Waals surface area contributed by atoms with Gasteiger partial charge in [-0.25, -0.2) is 5.43 Å². The zero-order chi connectivity index (χ0) is 18.9. The summed E-state index contributed by atoms with van der Waals surface area (Å²) in [6.45, 7) is 3.74. The van der Waals surface area contributed by atoms with E-state index in [0.717, 1.165) is 16.8 Å². The van der Waals surface area contributed by atoms with Crippen molar-refractivity contribution < 1.29 is 14.3 Å². The minimum absolute atomic E-state index is 0.125. The molecule has 4 N–H and O–H groups in total. The van der Waals surface area contributed by atoms with E-state index >= 15 is 0 Å². The molecule has 26 heavy (non-hydrogen) atoms. The van der Waals surface area contributed by atoms with Crippen molar-refractivity contribution in [1.82, 2.24) is 5.43 Å². The van der Waals surface area contributed by atoms with E-state index in [1.807, 2.05) is 31.2 Å². The fraction of sp³-hybridized carbons (Fsp3) is 0.211. The van der Waals surface area contributed by atoms with Crippen LogP contribution in [-0.2, 0) is 9.59 Å². The maximum atomic E-state index is 11.9. The molecule has 0 bridgehead atoms. The van der Waals surface area contributed by atoms with Gasteiger partial charge in [0.15, 0.2) is 6.61 Å². The molecule has 136 valence electrons. The van der Waals surface area contributed by atoms with Gasteiger partial charge < -0.3 is 15.8 Å². The summed E-state index contributed by atoms with van der Waals surface area (Å²) in [5.41, 5.74) is 11.0. The van der Waals surface area contributed by atoms with Crippen LogP contribution in [0.4, 0.5) is 5.69 Å². The number of aryl methyl sites for hydroxylation is 1. The molecule has 0 aromatic heterocycles. The standard InChI is InChI=1S/C19H22N4O3/c1-13-3-7-16(8-4-13)21-11-19(25)23-22-14(2)15-5-9-17(10-6-15)26-12-18(20)24/h3-10,21H,11-12H2,1-2H3,(H2,20,24)(H,23,25). The van der Waals surface area contributed by atoms with E-state index in [-0.39, 0.29) is 19.1 Å². The molecule has 2 aromatic carbocycles. The molecule has 0 saturated carbocycles. The number of ether oxygens (including phenoxy) is 1. The van der Waals surface area contributed by atoms with E-state index in [0.29, 0.717) is 11.5 Å². The van der Waals surface area contributed by atoms with Crippen molar-refractivity contribution in [3.8, 4) is 5.75 Å². The van der Waals surface area contributed by atoms with Crippen LogP contribution in [0.3, 0.4) is 0 Å². The molecule has 0 heterocycles. The number of hydrazone groups is 1. The van der Waals surface area contributed by atoms with E-state index in [1.165, 1.54) is 0 Å². The van der Waals surface area contributed by atoms with Crippen LogP contribution in [0.5, 0.6) is 5.75 Å². The Morgan fingerprint density at radius 3 is 2.35 bits per heavy atom. The SMILES string of the molecule is CC(=NNC(=O)CNc1ccc(C)cc1)c1ccc(OCC(N)=O)cc1. The zero-order valence-electron chi connectivity index (χ0n) is 14.8. The average Bonchev–Trinajstić information content (AvgIpc) is 2.64. The molecule has 0 atom stereocenters. The molecular formula is C19H22N4O3. The van der Waals surface area contributed by atoms with E-state index < -0.39 is 5.91 Å². The number of benzene rings is 2. The maximum absolute atomic E-state index is 11.9. The first-order chi connectivity index (χ1) is 12.4. The molecule has 0 fully saturated rings. The Hall–Kier alpha value is -3.35. The summed E-state index contributed by atoms with van der Waals surface area (Å²) in [5.74, 6) is -0.244. The zero-order valence-corrected chi connectivity index (χ0v) is 14.8. The van der Waals surface area contributed by atoms with Crippen molar-refractivity contribution in [2.75, 3.05) is 18.5 Å². The quantitative estimate of drug-likeness (QED) is 0.496. The van der Waals surface area contributed by atoms with Crippen molar-refractivity contribution in [3.63, 3.8) is 0 Å². The van der Waals surface area contributed by atoms with E-state index in [4.69, 9.17) is 10.5 Å². The average molecular weight is 354 g/mol. The second-order valence-electron chi connectivity index (χ2n) is 5.73. The highest BCUT2D eigenvalue weighted by Gasteiger charge is 2.03. The van der Waals surface area contributed by atoms with Gasteiger partial charge in [0.05, 0.1) is 12.3 Å². The van der Waals surface area contributed by atoms with Crippen molar-refractivity contribution in [1.29, 1.82) is 0 Å². The summed E-state index contributed by atoms with van der Waals surface area (Å²) in [5, 5.41) is 7.12. The van der Waals surface area contributed by atoms with E-state index in [9.17, 15) is 9.59 Å². The van der Waals surface area contributed by atoms with E-state index in [2.05, 4.69) is 15.8 Å². The minimum Gasteiger partial charge on any atom is -0.484 e. The number of anilines is 1. The van der Waals surface area contributed by atoms with Crippen molar-refractivity contribution in [2.45, 2.75) is 13.8 Å². The van der Waals surface area contributed by atoms with Crippen LogP contribution in [0.25, 0.3) is 0 Å². The van der Waals surface area contributed by atoms with Gasteiger partial charge in [0.1, 0.15) is 5.75 Å². The number of nitrogens with one attached hydrogen (secondary N) is 2. The van der Waals surface area contributed by atoms with Crippen LogP contribution in [0.2, 0.25) is 0 Å². The molecule has 2 rings (SSSR count). The maximum Gasteiger partial charge on any atom is 0.259 e. The lowest BCUT2D eigenvalue weighted by Crippen LogP contribution is -2.26. The monoisotopic (exact) mass is 354 g/mol. The lowest BCUT2D eigenvalue weighted by atomic mass is 10.1. The molecule has 2 aromatic rings. The second-order valence-corrected chi connectivity index (χ2v) is 5.73. The Labute approximate surface area is 152 Å². The predicted molar refractivity (Wildman–Crippen MR) is 101 cm³/mol. The molecule has 0 aliphatic rings. The minimum atomic E-state index is -0.534. The molecule has 0 saturated heterocycles. The number of hydrogen-bond acceptors (Lipinski definition) is 5. The van der Waals surface area contributed by atoms with Gasteiger partial charge in [-0.15, -0.1) is 0 Å². The van der Waals surface area contributed by atoms with Crippen LogP contribution in [0.1, 0.15) is 18.1 Å². The Morgan fingerprint density at radius 2 is 1.73 bits per heavy atom. The predicted octanol–water partition coefficient (Wildman–Crippen LogP) is 1.81. The highest BCUT2D eigenvalue weighted by atomic mass is 16.5. The molecular weight excluding hydrogens is 332 g/mol. The molecule has 0 spiro atoms. The van der Waals surface area contributed by atoms with Gasteiger partial charge in [-0.1, -0.05) is 17.7 Å². The van der Waals surface area contributed by atoms with Gasteiger partial charge in [0, 0.05) is 5.69 Å². The highest BCUT2D eigenvalue weighted by molar-refractivity contribution is 5.99. The van der Waals surface area contributed by atoms with Crippen molar-refractivity contribution in [2.24, 2.45) is 10.8 Å². The van der Waals surface area contributed by atoms with Gasteiger partial charge in [-0.2, -0.15) is 5.10 Å². The number of nitrogens with zero attached hydrogens (tertiary/aromatic N) is 1. The third-order valence-corrected chi connectivity index (χ3v) is 3.51. The fourth-order valence-electron chi connectivity index (χ4n) is 2.05. The summed E-state index contributed by atoms with van der Waals surface area (Å²) in [4.78, 5) is 22.6. The van der Waals surface area contributed by atoms with Crippen molar-refractivity contribution in [3.05, 3.63) is 59.7 Å². The van der Waals surface area contributed by atoms with Crippen molar-refractivity contribution >= 4 is 23.2 Å². The molecule has 7 heteroatoms. The van der Waals surface area contributed by atoms with Crippen LogP contribution in [0, 0.1) is 6.92 Å². The Kier molecular flexibility index (Phi) is 6.73. The molecule has 2 amide bonds. The summed E-state index contributed by atoms with van der Waals surface area (Å²) in [6, 6.07) is 14.8. The molecule has 0 unspecified atom stereocenters. The first-order valence-corrected chi connectivity index (χ1v) is 8.09. The van der Waals surface area contributed by atoms with Gasteiger partial charge in [0.2, 0.25) is 0 Å². The highest BCUT2D eigenvalue weighted by Crippen LogP contribution is 2.12. The first-order valence-electron chi connectivity index (χ1n) is 8.09. The van der Waals surface area contributed by atoms with Crippen LogP contribution in [0.15, 0.2) is 53.6 Å². The van der Waals surface area contributed by atoms with Gasteiger partial charge >= 0.3 is 0 Å². The second kappa shape index (κ2) is 9.22. The topological polar surface area (TPSA) is 106 Å². The van der Waals surface area contributed by atoms with Crippen LogP contribution < -0.4 is 21.2 Å². The van der Waals surface area contributed by atoms with Crippen LogP contribution in [-0.4, -0.2) is 30.7 Å². The van der Waals surface area contributed by atoms with Gasteiger partial charge in [0.25, 0.3) is 11.8 Å². The Morgan fingerprint density at radius 1 is 1.08 bits per heavy atom.